The van der Waals surface area contributed by atoms with E-state index in [1.807, 2.05) is 11.4 Å². The SMILES string of the molecule is CC(C)c1cc(C(=O)NN=C2CC3CCC2C3)cs1. The van der Waals surface area contributed by atoms with Crippen LogP contribution in [0.4, 0.5) is 0 Å². The van der Waals surface area contributed by atoms with Crippen molar-refractivity contribution in [2.75, 3.05) is 0 Å². The van der Waals surface area contributed by atoms with Crippen molar-refractivity contribution in [2.24, 2.45) is 16.9 Å². The van der Waals surface area contributed by atoms with Gasteiger partial charge in [0.1, 0.15) is 0 Å². The summed E-state index contributed by atoms with van der Waals surface area (Å²) in [6.45, 7) is 4.28. The minimum Gasteiger partial charge on any atom is -0.267 e. The van der Waals surface area contributed by atoms with Crippen LogP contribution < -0.4 is 5.43 Å². The molecule has 2 aliphatic rings. The fourth-order valence-electron chi connectivity index (χ4n) is 3.12. The van der Waals surface area contributed by atoms with E-state index in [2.05, 4.69) is 24.4 Å². The molecule has 3 nitrogen and oxygen atoms in total. The van der Waals surface area contributed by atoms with Crippen molar-refractivity contribution < 1.29 is 4.79 Å². The van der Waals surface area contributed by atoms with Gasteiger partial charge in [0.2, 0.25) is 0 Å². The second-order valence-corrected chi connectivity index (χ2v) is 6.96. The van der Waals surface area contributed by atoms with Crippen LogP contribution in [0.15, 0.2) is 16.5 Å². The predicted molar refractivity (Wildman–Crippen MR) is 78.8 cm³/mol. The van der Waals surface area contributed by atoms with E-state index < -0.39 is 0 Å². The Hall–Kier alpha value is -1.16. The maximum Gasteiger partial charge on any atom is 0.272 e. The molecule has 4 heteroatoms. The number of hydrogen-bond acceptors (Lipinski definition) is 3. The first-order valence-electron chi connectivity index (χ1n) is 7.08. The maximum absolute atomic E-state index is 12.0. The molecule has 2 fully saturated rings. The van der Waals surface area contributed by atoms with Gasteiger partial charge in [0.25, 0.3) is 5.91 Å². The Morgan fingerprint density at radius 1 is 1.47 bits per heavy atom. The van der Waals surface area contributed by atoms with Crippen LogP contribution in [0.25, 0.3) is 0 Å². The summed E-state index contributed by atoms with van der Waals surface area (Å²) >= 11 is 1.65. The summed E-state index contributed by atoms with van der Waals surface area (Å²) in [5, 5.41) is 6.28. The van der Waals surface area contributed by atoms with E-state index in [1.54, 1.807) is 11.3 Å². The number of amides is 1. The van der Waals surface area contributed by atoms with Crippen LogP contribution in [0.3, 0.4) is 0 Å². The molecule has 0 saturated heterocycles. The van der Waals surface area contributed by atoms with Crippen LogP contribution >= 0.6 is 11.3 Å². The Morgan fingerprint density at radius 2 is 2.32 bits per heavy atom. The van der Waals surface area contributed by atoms with Gasteiger partial charge in [0.15, 0.2) is 0 Å². The Bertz CT molecular complexity index is 518. The highest BCUT2D eigenvalue weighted by atomic mass is 32.1. The van der Waals surface area contributed by atoms with Crippen LogP contribution in [-0.4, -0.2) is 11.6 Å². The molecule has 0 aromatic carbocycles. The van der Waals surface area contributed by atoms with Crippen molar-refractivity contribution in [1.29, 1.82) is 0 Å². The number of fused-ring (bicyclic) bond motifs is 2. The van der Waals surface area contributed by atoms with Gasteiger partial charge < -0.3 is 0 Å². The lowest BCUT2D eigenvalue weighted by Gasteiger charge is -2.11. The highest BCUT2D eigenvalue weighted by Gasteiger charge is 2.36. The van der Waals surface area contributed by atoms with Crippen LogP contribution in [0.2, 0.25) is 0 Å². The first-order chi connectivity index (χ1) is 9.13. The largest absolute Gasteiger partial charge is 0.272 e. The van der Waals surface area contributed by atoms with Gasteiger partial charge in [0, 0.05) is 16.0 Å². The monoisotopic (exact) mass is 276 g/mol. The molecule has 1 aromatic heterocycles. The Morgan fingerprint density at radius 3 is 2.89 bits per heavy atom. The first kappa shape index (κ1) is 12.9. The van der Waals surface area contributed by atoms with E-state index >= 15 is 0 Å². The van der Waals surface area contributed by atoms with Crippen molar-refractivity contribution >= 4 is 23.0 Å². The number of carbonyl (C=O) groups is 1. The molecule has 1 aromatic rings. The van der Waals surface area contributed by atoms with Gasteiger partial charge in [-0.1, -0.05) is 13.8 Å². The van der Waals surface area contributed by atoms with E-state index in [0.717, 1.165) is 17.9 Å². The van der Waals surface area contributed by atoms with Crippen LogP contribution in [0.5, 0.6) is 0 Å². The maximum atomic E-state index is 12.0. The molecule has 2 atom stereocenters. The standard InChI is InChI=1S/C15H20N2OS/c1-9(2)14-7-12(8-19-14)15(18)17-16-13-6-10-3-4-11(13)5-10/h7-11H,3-6H2,1-2H3,(H,17,18). The summed E-state index contributed by atoms with van der Waals surface area (Å²) < 4.78 is 0. The summed E-state index contributed by atoms with van der Waals surface area (Å²) in [7, 11) is 0. The first-order valence-corrected chi connectivity index (χ1v) is 7.96. The van der Waals surface area contributed by atoms with Crippen LogP contribution in [0.1, 0.15) is 60.7 Å². The third-order valence-electron chi connectivity index (χ3n) is 4.26. The minimum absolute atomic E-state index is 0.0709. The lowest BCUT2D eigenvalue weighted by atomic mass is 9.99. The smallest absolute Gasteiger partial charge is 0.267 e. The van der Waals surface area contributed by atoms with Crippen molar-refractivity contribution in [1.82, 2.24) is 5.43 Å². The molecule has 1 heterocycles. The molecule has 2 aliphatic carbocycles. The molecular weight excluding hydrogens is 256 g/mol. The highest BCUT2D eigenvalue weighted by molar-refractivity contribution is 7.10. The third kappa shape index (κ3) is 2.59. The quantitative estimate of drug-likeness (QED) is 0.839. The molecule has 102 valence electrons. The zero-order valence-corrected chi connectivity index (χ0v) is 12.3. The molecule has 19 heavy (non-hydrogen) atoms. The normalized spacial score (nSPS) is 27.4. The zero-order chi connectivity index (χ0) is 13.4. The molecule has 2 unspecified atom stereocenters. The van der Waals surface area contributed by atoms with E-state index in [9.17, 15) is 4.79 Å². The fraction of sp³-hybridized carbons (Fsp3) is 0.600. The third-order valence-corrected chi connectivity index (χ3v) is 5.50. The lowest BCUT2D eigenvalue weighted by molar-refractivity contribution is 0.0955. The van der Waals surface area contributed by atoms with E-state index in [0.29, 0.717) is 11.8 Å². The van der Waals surface area contributed by atoms with Gasteiger partial charge in [-0.25, -0.2) is 5.43 Å². The predicted octanol–water partition coefficient (Wildman–Crippen LogP) is 3.78. The summed E-state index contributed by atoms with van der Waals surface area (Å²) in [5.41, 5.74) is 4.68. The number of carbonyl (C=O) groups excluding carboxylic acids is 1. The molecule has 0 aliphatic heterocycles. The highest BCUT2D eigenvalue weighted by Crippen LogP contribution is 2.42. The number of hydrazone groups is 1. The Labute approximate surface area is 118 Å². The molecule has 2 bridgehead atoms. The Kier molecular flexibility index (Phi) is 3.44. The second kappa shape index (κ2) is 5.08. The average Bonchev–Trinajstić information content (AvgIpc) is 3.10. The van der Waals surface area contributed by atoms with Gasteiger partial charge in [-0.2, -0.15) is 5.10 Å². The fourth-order valence-corrected chi connectivity index (χ4v) is 4.03. The minimum atomic E-state index is -0.0709. The lowest BCUT2D eigenvalue weighted by Crippen LogP contribution is -2.21. The van der Waals surface area contributed by atoms with Crippen molar-refractivity contribution in [2.45, 2.75) is 45.4 Å². The number of hydrogen-bond donors (Lipinski definition) is 1. The van der Waals surface area contributed by atoms with E-state index in [4.69, 9.17) is 0 Å². The van der Waals surface area contributed by atoms with Crippen molar-refractivity contribution in [3.05, 3.63) is 21.9 Å². The molecule has 0 radical (unpaired) electrons. The number of thiophene rings is 1. The van der Waals surface area contributed by atoms with Gasteiger partial charge in [-0.15, -0.1) is 11.3 Å². The zero-order valence-electron chi connectivity index (χ0n) is 11.5. The molecular formula is C15H20N2OS. The summed E-state index contributed by atoms with van der Waals surface area (Å²) in [6, 6.07) is 1.98. The molecule has 3 rings (SSSR count). The molecule has 1 N–H and O–H groups in total. The number of nitrogens with one attached hydrogen (secondary N) is 1. The number of rotatable bonds is 3. The van der Waals surface area contributed by atoms with Gasteiger partial charge in [0.05, 0.1) is 5.56 Å². The van der Waals surface area contributed by atoms with E-state index in [1.165, 1.54) is 29.9 Å². The van der Waals surface area contributed by atoms with Crippen LogP contribution in [0, 0.1) is 11.8 Å². The molecule has 2 saturated carbocycles. The second-order valence-electron chi connectivity index (χ2n) is 6.02. The van der Waals surface area contributed by atoms with Crippen molar-refractivity contribution in [3.63, 3.8) is 0 Å². The number of nitrogens with zero attached hydrogens (tertiary/aromatic N) is 1. The summed E-state index contributed by atoms with van der Waals surface area (Å²) in [5.74, 6) is 1.87. The summed E-state index contributed by atoms with van der Waals surface area (Å²) in [4.78, 5) is 13.3. The van der Waals surface area contributed by atoms with Crippen molar-refractivity contribution in [3.8, 4) is 0 Å². The van der Waals surface area contributed by atoms with Gasteiger partial charge >= 0.3 is 0 Å². The summed E-state index contributed by atoms with van der Waals surface area (Å²) in [6.07, 6.45) is 4.98. The van der Waals surface area contributed by atoms with Gasteiger partial charge in [-0.05, 0) is 49.5 Å². The molecule has 0 spiro atoms. The van der Waals surface area contributed by atoms with E-state index in [-0.39, 0.29) is 5.91 Å². The Balaban J connectivity index is 1.63. The van der Waals surface area contributed by atoms with Gasteiger partial charge in [-0.3, -0.25) is 4.79 Å². The topological polar surface area (TPSA) is 41.5 Å². The average molecular weight is 276 g/mol. The molecule has 1 amide bonds. The van der Waals surface area contributed by atoms with Crippen LogP contribution in [-0.2, 0) is 0 Å².